The molecule has 2 aliphatic heterocycles. The van der Waals surface area contributed by atoms with Crippen molar-refractivity contribution in [2.45, 2.75) is 52.1 Å². The normalized spacial score (nSPS) is 22.3. The van der Waals surface area contributed by atoms with Crippen molar-refractivity contribution >= 4 is 17.8 Å². The summed E-state index contributed by atoms with van der Waals surface area (Å²) in [6.45, 7) is 6.96. The first-order valence-electron chi connectivity index (χ1n) is 8.95. The van der Waals surface area contributed by atoms with Crippen LogP contribution in [-0.2, 0) is 20.9 Å². The van der Waals surface area contributed by atoms with E-state index in [1.54, 1.807) is 21.5 Å². The third kappa shape index (κ3) is 2.77. The Balaban J connectivity index is 1.69. The highest BCUT2D eigenvalue weighted by atomic mass is 16.4. The van der Waals surface area contributed by atoms with Gasteiger partial charge in [-0.15, -0.1) is 0 Å². The SMILES string of the molecule is Cc1nn(CC(=O)N2CCC3(CC2)C(C(=O)O)CC(=O)N3C)c(C)c1C. The van der Waals surface area contributed by atoms with E-state index in [-0.39, 0.29) is 24.8 Å². The molecule has 8 heteroatoms. The summed E-state index contributed by atoms with van der Waals surface area (Å²) in [6.07, 6.45) is 1.03. The van der Waals surface area contributed by atoms with Crippen molar-refractivity contribution in [2.75, 3.05) is 20.1 Å². The number of hydrogen-bond acceptors (Lipinski definition) is 4. The number of rotatable bonds is 3. The molecule has 142 valence electrons. The van der Waals surface area contributed by atoms with E-state index in [0.717, 1.165) is 17.0 Å². The Kier molecular flexibility index (Phi) is 4.54. The number of amides is 2. The number of carboxylic acids is 1. The van der Waals surface area contributed by atoms with Crippen LogP contribution in [0, 0.1) is 26.7 Å². The third-order valence-corrected chi connectivity index (χ3v) is 6.38. The monoisotopic (exact) mass is 362 g/mol. The zero-order valence-corrected chi connectivity index (χ0v) is 15.8. The van der Waals surface area contributed by atoms with Crippen LogP contribution in [-0.4, -0.2) is 68.1 Å². The lowest BCUT2D eigenvalue weighted by Gasteiger charge is -2.45. The average molecular weight is 362 g/mol. The van der Waals surface area contributed by atoms with Crippen LogP contribution < -0.4 is 0 Å². The topological polar surface area (TPSA) is 95.7 Å². The van der Waals surface area contributed by atoms with E-state index in [1.165, 1.54) is 0 Å². The molecule has 8 nitrogen and oxygen atoms in total. The molecule has 0 saturated carbocycles. The molecular formula is C18H26N4O4. The van der Waals surface area contributed by atoms with Gasteiger partial charge in [-0.25, -0.2) is 0 Å². The summed E-state index contributed by atoms with van der Waals surface area (Å²) < 4.78 is 1.72. The zero-order chi connectivity index (χ0) is 19.2. The molecule has 1 atom stereocenters. The lowest BCUT2D eigenvalue weighted by molar-refractivity contribution is -0.147. The summed E-state index contributed by atoms with van der Waals surface area (Å²) >= 11 is 0. The number of carbonyl (C=O) groups excluding carboxylic acids is 2. The molecule has 1 spiro atoms. The van der Waals surface area contributed by atoms with Gasteiger partial charge in [-0.05, 0) is 39.2 Å². The molecule has 1 N–H and O–H groups in total. The summed E-state index contributed by atoms with van der Waals surface area (Å²) in [7, 11) is 1.68. The number of aromatic nitrogens is 2. The fourth-order valence-electron chi connectivity index (χ4n) is 4.30. The van der Waals surface area contributed by atoms with E-state index in [4.69, 9.17) is 0 Å². The number of carbonyl (C=O) groups is 3. The highest BCUT2D eigenvalue weighted by Gasteiger charge is 2.55. The van der Waals surface area contributed by atoms with Gasteiger partial charge in [0.25, 0.3) is 0 Å². The summed E-state index contributed by atoms with van der Waals surface area (Å²) in [5, 5.41) is 13.9. The molecular weight excluding hydrogens is 336 g/mol. The fraction of sp³-hybridized carbons (Fsp3) is 0.667. The van der Waals surface area contributed by atoms with Crippen molar-refractivity contribution in [3.63, 3.8) is 0 Å². The molecule has 2 aliphatic rings. The Morgan fingerprint density at radius 2 is 1.85 bits per heavy atom. The maximum Gasteiger partial charge on any atom is 0.309 e. The number of aryl methyl sites for hydroxylation is 1. The quantitative estimate of drug-likeness (QED) is 0.855. The number of carboxylic acid groups (broad SMARTS) is 1. The molecule has 0 aromatic carbocycles. The summed E-state index contributed by atoms with van der Waals surface area (Å²) in [5.74, 6) is -1.78. The van der Waals surface area contributed by atoms with Gasteiger partial charge in [0.2, 0.25) is 11.8 Å². The molecule has 2 amide bonds. The van der Waals surface area contributed by atoms with Gasteiger partial charge in [0, 0.05) is 32.3 Å². The van der Waals surface area contributed by atoms with Gasteiger partial charge < -0.3 is 14.9 Å². The van der Waals surface area contributed by atoms with Crippen molar-refractivity contribution in [1.29, 1.82) is 0 Å². The van der Waals surface area contributed by atoms with Crippen LogP contribution in [0.25, 0.3) is 0 Å². The van der Waals surface area contributed by atoms with E-state index < -0.39 is 17.4 Å². The van der Waals surface area contributed by atoms with Gasteiger partial charge in [0.05, 0.1) is 17.2 Å². The van der Waals surface area contributed by atoms with E-state index in [2.05, 4.69) is 5.10 Å². The summed E-state index contributed by atoms with van der Waals surface area (Å²) in [5.41, 5.74) is 2.32. The number of likely N-dealkylation sites (tertiary alicyclic amines) is 2. The highest BCUT2D eigenvalue weighted by molar-refractivity contribution is 5.88. The Labute approximate surface area is 152 Å². The largest absolute Gasteiger partial charge is 0.481 e. The molecule has 1 aromatic rings. The molecule has 1 unspecified atom stereocenters. The van der Waals surface area contributed by atoms with E-state index >= 15 is 0 Å². The molecule has 3 heterocycles. The Morgan fingerprint density at radius 1 is 1.23 bits per heavy atom. The van der Waals surface area contributed by atoms with Crippen LogP contribution in [0.15, 0.2) is 0 Å². The first-order valence-corrected chi connectivity index (χ1v) is 8.95. The second-order valence-electron chi connectivity index (χ2n) is 7.49. The van der Waals surface area contributed by atoms with E-state index in [0.29, 0.717) is 25.9 Å². The van der Waals surface area contributed by atoms with Crippen LogP contribution >= 0.6 is 0 Å². The predicted octanol–water partition coefficient (Wildman–Crippen LogP) is 0.732. The minimum Gasteiger partial charge on any atom is -0.481 e. The van der Waals surface area contributed by atoms with Crippen LogP contribution in [0.2, 0.25) is 0 Å². The minimum atomic E-state index is -0.930. The minimum absolute atomic E-state index is 0.0238. The third-order valence-electron chi connectivity index (χ3n) is 6.38. The molecule has 2 saturated heterocycles. The van der Waals surface area contributed by atoms with Crippen molar-refractivity contribution in [3.05, 3.63) is 17.0 Å². The molecule has 0 radical (unpaired) electrons. The van der Waals surface area contributed by atoms with Gasteiger partial charge in [-0.3, -0.25) is 19.1 Å². The first-order chi connectivity index (χ1) is 12.2. The smallest absolute Gasteiger partial charge is 0.309 e. The maximum absolute atomic E-state index is 12.7. The Bertz CT molecular complexity index is 761. The second-order valence-corrected chi connectivity index (χ2v) is 7.49. The molecule has 2 fully saturated rings. The molecule has 3 rings (SSSR count). The van der Waals surface area contributed by atoms with Gasteiger partial charge in [0.1, 0.15) is 6.54 Å². The van der Waals surface area contributed by atoms with Crippen molar-refractivity contribution in [3.8, 4) is 0 Å². The second kappa shape index (κ2) is 6.41. The maximum atomic E-state index is 12.7. The van der Waals surface area contributed by atoms with Crippen LogP contribution in [0.3, 0.4) is 0 Å². The van der Waals surface area contributed by atoms with E-state index in [1.807, 2.05) is 20.8 Å². The molecule has 26 heavy (non-hydrogen) atoms. The molecule has 1 aromatic heterocycles. The van der Waals surface area contributed by atoms with Crippen LogP contribution in [0.4, 0.5) is 0 Å². The number of nitrogens with zero attached hydrogens (tertiary/aromatic N) is 4. The van der Waals surface area contributed by atoms with Gasteiger partial charge in [0.15, 0.2) is 0 Å². The molecule has 0 aliphatic carbocycles. The predicted molar refractivity (Wildman–Crippen MR) is 93.5 cm³/mol. The highest BCUT2D eigenvalue weighted by Crippen LogP contribution is 2.42. The van der Waals surface area contributed by atoms with E-state index in [9.17, 15) is 19.5 Å². The van der Waals surface area contributed by atoms with Gasteiger partial charge >= 0.3 is 5.97 Å². The van der Waals surface area contributed by atoms with Crippen LogP contribution in [0.5, 0.6) is 0 Å². The lowest BCUT2D eigenvalue weighted by atomic mass is 9.77. The lowest BCUT2D eigenvalue weighted by Crippen LogP contribution is -2.57. The average Bonchev–Trinajstić information content (AvgIpc) is 2.99. The van der Waals surface area contributed by atoms with Crippen molar-refractivity contribution in [2.24, 2.45) is 5.92 Å². The Morgan fingerprint density at radius 3 is 2.35 bits per heavy atom. The number of aliphatic carboxylic acids is 1. The number of hydrogen-bond donors (Lipinski definition) is 1. The van der Waals surface area contributed by atoms with Gasteiger partial charge in [-0.2, -0.15) is 5.10 Å². The summed E-state index contributed by atoms with van der Waals surface area (Å²) in [4.78, 5) is 39.7. The number of piperidine rings is 1. The van der Waals surface area contributed by atoms with Crippen molar-refractivity contribution < 1.29 is 19.5 Å². The first kappa shape index (κ1) is 18.4. The van der Waals surface area contributed by atoms with Crippen molar-refractivity contribution in [1.82, 2.24) is 19.6 Å². The standard InChI is InChI=1S/C18H26N4O4/c1-11-12(2)19-22(13(11)3)10-16(24)21-7-5-18(6-8-21)14(17(25)26)9-15(23)20(18)4/h14H,5-10H2,1-4H3,(H,25,26). The van der Waals surface area contributed by atoms with Crippen LogP contribution in [0.1, 0.15) is 36.2 Å². The van der Waals surface area contributed by atoms with Gasteiger partial charge in [-0.1, -0.05) is 0 Å². The Hall–Kier alpha value is -2.38. The fourth-order valence-corrected chi connectivity index (χ4v) is 4.30. The zero-order valence-electron chi connectivity index (χ0n) is 15.8. The summed E-state index contributed by atoms with van der Waals surface area (Å²) in [6, 6.07) is 0. The molecule has 0 bridgehead atoms.